The molecule has 1 aromatic rings. The molecule has 0 amide bonds. The third-order valence-electron chi connectivity index (χ3n) is 4.01. The van der Waals surface area contributed by atoms with Crippen molar-refractivity contribution in [2.24, 2.45) is 0 Å². The lowest BCUT2D eigenvalue weighted by atomic mass is 10.1. The van der Waals surface area contributed by atoms with Crippen LogP contribution in [0.5, 0.6) is 5.75 Å². The maximum atomic E-state index is 10.6. The number of alkyl halides is 3. The molecule has 0 aliphatic rings. The number of benzene rings is 1. The van der Waals surface area contributed by atoms with Crippen LogP contribution < -0.4 is 10.1 Å². The number of hydrogen-bond donors (Lipinski definition) is 3. The van der Waals surface area contributed by atoms with Crippen LogP contribution in [0.1, 0.15) is 57.4 Å². The molecule has 0 bridgehead atoms. The van der Waals surface area contributed by atoms with Crippen LogP contribution in [0.2, 0.25) is 0 Å². The van der Waals surface area contributed by atoms with Crippen molar-refractivity contribution in [3.8, 4) is 5.75 Å². The van der Waals surface area contributed by atoms with Gasteiger partial charge >= 0.3 is 18.1 Å². The number of unbranched alkanes of at least 4 members (excludes halogenated alkanes) is 5. The van der Waals surface area contributed by atoms with E-state index in [1.165, 1.54) is 37.7 Å². The maximum absolute atomic E-state index is 10.6. The van der Waals surface area contributed by atoms with Gasteiger partial charge < -0.3 is 20.3 Å². The number of aliphatic carboxylic acids is 2. The standard InChI is InChI=1S/C19H31NO3.C2HF3O2/c1-2-3-4-5-6-7-15-23-18-10-8-9-17(16-18)11-13-20-14-12-19(21)22;3-2(4,5)1(6)7/h8-10,16,20H,2-7,11-15H2,1H3,(H,21,22);(H,6,7). The van der Waals surface area contributed by atoms with Crippen molar-refractivity contribution in [2.45, 2.75) is 64.5 Å². The predicted octanol–water partition coefficient (Wildman–Crippen LogP) is 4.67. The van der Waals surface area contributed by atoms with Crippen LogP contribution in [-0.4, -0.2) is 48.0 Å². The molecular weight excluding hydrogens is 403 g/mol. The molecule has 0 saturated heterocycles. The van der Waals surface area contributed by atoms with E-state index in [-0.39, 0.29) is 6.42 Å². The summed E-state index contributed by atoms with van der Waals surface area (Å²) < 4.78 is 37.6. The summed E-state index contributed by atoms with van der Waals surface area (Å²) in [5, 5.41) is 18.8. The Labute approximate surface area is 175 Å². The van der Waals surface area contributed by atoms with Gasteiger partial charge in [-0.15, -0.1) is 0 Å². The molecule has 0 aliphatic carbocycles. The number of nitrogens with one attached hydrogen (secondary N) is 1. The molecule has 0 spiro atoms. The van der Waals surface area contributed by atoms with Gasteiger partial charge in [0.15, 0.2) is 0 Å². The Morgan fingerprint density at radius 1 is 1.03 bits per heavy atom. The Bertz CT molecular complexity index is 609. The van der Waals surface area contributed by atoms with Gasteiger partial charge in [-0.2, -0.15) is 13.2 Å². The molecule has 0 aromatic heterocycles. The van der Waals surface area contributed by atoms with Crippen LogP contribution in [0.4, 0.5) is 13.2 Å². The van der Waals surface area contributed by atoms with E-state index in [1.807, 2.05) is 12.1 Å². The van der Waals surface area contributed by atoms with Crippen molar-refractivity contribution in [3.63, 3.8) is 0 Å². The zero-order chi connectivity index (χ0) is 22.8. The zero-order valence-electron chi connectivity index (χ0n) is 17.3. The molecule has 3 N–H and O–H groups in total. The number of carbonyl (C=O) groups is 2. The lowest BCUT2D eigenvalue weighted by Crippen LogP contribution is -2.21. The Kier molecular flexibility index (Phi) is 15.2. The third kappa shape index (κ3) is 16.6. The van der Waals surface area contributed by atoms with Crippen LogP contribution in [0, 0.1) is 0 Å². The van der Waals surface area contributed by atoms with Gasteiger partial charge in [0.25, 0.3) is 0 Å². The number of rotatable bonds is 14. The maximum Gasteiger partial charge on any atom is 0.490 e. The molecule has 30 heavy (non-hydrogen) atoms. The van der Waals surface area contributed by atoms with E-state index in [0.717, 1.165) is 31.7 Å². The quantitative estimate of drug-likeness (QED) is 0.368. The molecule has 0 saturated carbocycles. The second-order valence-corrected chi connectivity index (χ2v) is 6.71. The molecular formula is C21H32F3NO5. The molecule has 1 rings (SSSR count). The van der Waals surface area contributed by atoms with E-state index < -0.39 is 18.1 Å². The zero-order valence-corrected chi connectivity index (χ0v) is 17.3. The smallest absolute Gasteiger partial charge is 0.490 e. The van der Waals surface area contributed by atoms with E-state index in [4.69, 9.17) is 19.7 Å². The fourth-order valence-electron chi connectivity index (χ4n) is 2.42. The van der Waals surface area contributed by atoms with Crippen molar-refractivity contribution in [1.29, 1.82) is 0 Å². The predicted molar refractivity (Wildman–Crippen MR) is 108 cm³/mol. The molecule has 0 radical (unpaired) electrons. The van der Waals surface area contributed by atoms with E-state index >= 15 is 0 Å². The van der Waals surface area contributed by atoms with Gasteiger partial charge in [-0.1, -0.05) is 51.2 Å². The topological polar surface area (TPSA) is 95.9 Å². The highest BCUT2D eigenvalue weighted by Gasteiger charge is 2.38. The number of halogens is 3. The van der Waals surface area contributed by atoms with Crippen LogP contribution in [0.3, 0.4) is 0 Å². The van der Waals surface area contributed by atoms with Gasteiger partial charge in [-0.05, 0) is 37.1 Å². The second kappa shape index (κ2) is 16.5. The second-order valence-electron chi connectivity index (χ2n) is 6.71. The molecule has 6 nitrogen and oxygen atoms in total. The van der Waals surface area contributed by atoms with Crippen molar-refractivity contribution in [2.75, 3.05) is 19.7 Å². The van der Waals surface area contributed by atoms with Crippen LogP contribution in [0.15, 0.2) is 24.3 Å². The normalized spacial score (nSPS) is 10.8. The molecule has 0 fully saturated rings. The number of ether oxygens (including phenoxy) is 1. The van der Waals surface area contributed by atoms with Gasteiger partial charge in [-0.3, -0.25) is 4.79 Å². The van der Waals surface area contributed by atoms with Crippen LogP contribution in [-0.2, 0) is 16.0 Å². The summed E-state index contributed by atoms with van der Waals surface area (Å²) in [6, 6.07) is 8.17. The molecule has 9 heteroatoms. The molecule has 0 aliphatic heterocycles. The monoisotopic (exact) mass is 435 g/mol. The number of carboxylic acids is 2. The van der Waals surface area contributed by atoms with Crippen molar-refractivity contribution < 1.29 is 37.7 Å². The summed E-state index contributed by atoms with van der Waals surface area (Å²) in [7, 11) is 0. The summed E-state index contributed by atoms with van der Waals surface area (Å²) in [4.78, 5) is 19.3. The average molecular weight is 435 g/mol. The summed E-state index contributed by atoms with van der Waals surface area (Å²) in [5.74, 6) is -2.59. The van der Waals surface area contributed by atoms with Gasteiger partial charge in [0.05, 0.1) is 13.0 Å². The molecule has 1 aromatic carbocycles. The number of carboxylic acid groups (broad SMARTS) is 2. The van der Waals surface area contributed by atoms with Gasteiger partial charge in [-0.25, -0.2) is 4.79 Å². The third-order valence-corrected chi connectivity index (χ3v) is 4.01. The largest absolute Gasteiger partial charge is 0.494 e. The number of hydrogen-bond acceptors (Lipinski definition) is 4. The minimum Gasteiger partial charge on any atom is -0.494 e. The Morgan fingerprint density at radius 2 is 1.67 bits per heavy atom. The first-order chi connectivity index (χ1) is 14.2. The van der Waals surface area contributed by atoms with Gasteiger partial charge in [0.2, 0.25) is 0 Å². The lowest BCUT2D eigenvalue weighted by Gasteiger charge is -2.08. The highest BCUT2D eigenvalue weighted by atomic mass is 19.4. The Morgan fingerprint density at radius 3 is 2.27 bits per heavy atom. The van der Waals surface area contributed by atoms with Gasteiger partial charge in [0.1, 0.15) is 5.75 Å². The van der Waals surface area contributed by atoms with Crippen molar-refractivity contribution >= 4 is 11.9 Å². The summed E-state index contributed by atoms with van der Waals surface area (Å²) >= 11 is 0. The average Bonchev–Trinajstić information content (AvgIpc) is 2.67. The van der Waals surface area contributed by atoms with Gasteiger partial charge in [0, 0.05) is 6.54 Å². The summed E-state index contributed by atoms with van der Waals surface area (Å²) in [5.41, 5.74) is 1.22. The van der Waals surface area contributed by atoms with E-state index in [0.29, 0.717) is 6.54 Å². The Hall–Kier alpha value is -2.29. The fraction of sp³-hybridized carbons (Fsp3) is 0.619. The highest BCUT2D eigenvalue weighted by molar-refractivity contribution is 5.73. The first kappa shape index (κ1) is 27.7. The van der Waals surface area contributed by atoms with Crippen LogP contribution in [0.25, 0.3) is 0 Å². The van der Waals surface area contributed by atoms with E-state index in [1.54, 1.807) is 0 Å². The lowest BCUT2D eigenvalue weighted by molar-refractivity contribution is -0.192. The van der Waals surface area contributed by atoms with Crippen LogP contribution >= 0.6 is 0 Å². The highest BCUT2D eigenvalue weighted by Crippen LogP contribution is 2.15. The first-order valence-electron chi connectivity index (χ1n) is 10.1. The minimum atomic E-state index is -5.08. The summed E-state index contributed by atoms with van der Waals surface area (Å²) in [6.07, 6.45) is 3.59. The Balaban J connectivity index is 0.00000103. The van der Waals surface area contributed by atoms with Crippen molar-refractivity contribution in [3.05, 3.63) is 29.8 Å². The SMILES string of the molecule is CCCCCCCCOc1cccc(CCNCCC(=O)O)c1.O=C(O)C(F)(F)F. The molecule has 0 unspecified atom stereocenters. The fourth-order valence-corrected chi connectivity index (χ4v) is 2.42. The van der Waals surface area contributed by atoms with E-state index in [9.17, 15) is 18.0 Å². The summed E-state index contributed by atoms with van der Waals surface area (Å²) in [6.45, 7) is 4.32. The van der Waals surface area contributed by atoms with Crippen molar-refractivity contribution in [1.82, 2.24) is 5.32 Å². The molecule has 172 valence electrons. The minimum absolute atomic E-state index is 0.168. The molecule has 0 atom stereocenters. The first-order valence-corrected chi connectivity index (χ1v) is 10.1. The molecule has 0 heterocycles. The van der Waals surface area contributed by atoms with E-state index in [2.05, 4.69) is 24.4 Å².